The summed E-state index contributed by atoms with van der Waals surface area (Å²) < 4.78 is 13.0. The van der Waals surface area contributed by atoms with Crippen molar-refractivity contribution < 1.29 is 9.18 Å². The molecular weight excluding hydrogens is 219 g/mol. The molecule has 1 aromatic rings. The van der Waals surface area contributed by atoms with E-state index in [0.717, 1.165) is 12.0 Å². The van der Waals surface area contributed by atoms with Crippen LogP contribution in [0.15, 0.2) is 18.2 Å². The second-order valence-corrected chi connectivity index (χ2v) is 4.39. The van der Waals surface area contributed by atoms with Crippen LogP contribution in [0.4, 0.5) is 10.1 Å². The van der Waals surface area contributed by atoms with E-state index in [0.29, 0.717) is 24.6 Å². The third kappa shape index (κ3) is 4.53. The zero-order valence-electron chi connectivity index (χ0n) is 10.3. The van der Waals surface area contributed by atoms with E-state index in [1.807, 2.05) is 13.8 Å². The Morgan fingerprint density at radius 3 is 2.88 bits per heavy atom. The van der Waals surface area contributed by atoms with Crippen LogP contribution in [0.5, 0.6) is 0 Å². The smallest absolute Gasteiger partial charge is 0.224 e. The Morgan fingerprint density at radius 2 is 2.24 bits per heavy atom. The van der Waals surface area contributed by atoms with Crippen LogP contribution in [-0.4, -0.2) is 12.5 Å². The van der Waals surface area contributed by atoms with Crippen LogP contribution in [0.25, 0.3) is 0 Å². The van der Waals surface area contributed by atoms with Crippen molar-refractivity contribution in [1.82, 2.24) is 0 Å². The van der Waals surface area contributed by atoms with Crippen molar-refractivity contribution in [3.63, 3.8) is 0 Å². The lowest BCUT2D eigenvalue weighted by Gasteiger charge is -2.10. The molecule has 0 heterocycles. The van der Waals surface area contributed by atoms with E-state index < -0.39 is 0 Å². The van der Waals surface area contributed by atoms with Crippen molar-refractivity contribution in [3.05, 3.63) is 29.6 Å². The Balaban J connectivity index is 2.53. The van der Waals surface area contributed by atoms with E-state index in [9.17, 15) is 9.18 Å². The molecule has 4 heteroatoms. The zero-order chi connectivity index (χ0) is 12.8. The Morgan fingerprint density at radius 1 is 1.53 bits per heavy atom. The first-order chi connectivity index (χ1) is 8.02. The molecule has 1 unspecified atom stereocenters. The molecule has 1 aromatic carbocycles. The second kappa shape index (κ2) is 6.35. The number of amides is 1. The molecule has 1 atom stereocenters. The van der Waals surface area contributed by atoms with Gasteiger partial charge in [0.25, 0.3) is 0 Å². The molecule has 0 bridgehead atoms. The number of hydrogen-bond donors (Lipinski definition) is 2. The van der Waals surface area contributed by atoms with Gasteiger partial charge in [-0.3, -0.25) is 4.79 Å². The number of halogens is 1. The van der Waals surface area contributed by atoms with Gasteiger partial charge in [-0.15, -0.1) is 0 Å². The molecule has 3 N–H and O–H groups in total. The SMILES string of the molecule is Cc1ccc(F)cc1NC(=O)CCC(C)CN. The summed E-state index contributed by atoms with van der Waals surface area (Å²) in [5.74, 6) is -0.116. The maximum Gasteiger partial charge on any atom is 0.224 e. The van der Waals surface area contributed by atoms with E-state index in [1.54, 1.807) is 6.07 Å². The van der Waals surface area contributed by atoms with Gasteiger partial charge in [-0.05, 0) is 43.5 Å². The van der Waals surface area contributed by atoms with Crippen LogP contribution < -0.4 is 11.1 Å². The van der Waals surface area contributed by atoms with Gasteiger partial charge in [0.2, 0.25) is 5.91 Å². The first kappa shape index (κ1) is 13.6. The molecule has 0 aliphatic heterocycles. The molecule has 1 amide bonds. The Kier molecular flexibility index (Phi) is 5.10. The summed E-state index contributed by atoms with van der Waals surface area (Å²) in [5.41, 5.74) is 6.86. The predicted octanol–water partition coefficient (Wildman–Crippen LogP) is 2.45. The van der Waals surface area contributed by atoms with Crippen LogP contribution in [0.3, 0.4) is 0 Å². The number of rotatable bonds is 5. The molecule has 0 aromatic heterocycles. The minimum absolute atomic E-state index is 0.0981. The van der Waals surface area contributed by atoms with Gasteiger partial charge < -0.3 is 11.1 Å². The molecule has 0 aliphatic carbocycles. The van der Waals surface area contributed by atoms with Crippen molar-refractivity contribution in [3.8, 4) is 0 Å². The van der Waals surface area contributed by atoms with Crippen molar-refractivity contribution in [2.75, 3.05) is 11.9 Å². The highest BCUT2D eigenvalue weighted by molar-refractivity contribution is 5.91. The fourth-order valence-corrected chi connectivity index (χ4v) is 1.44. The molecule has 0 spiro atoms. The quantitative estimate of drug-likeness (QED) is 0.827. The highest BCUT2D eigenvalue weighted by Gasteiger charge is 2.08. The van der Waals surface area contributed by atoms with Gasteiger partial charge in [-0.2, -0.15) is 0 Å². The molecule has 0 saturated heterocycles. The van der Waals surface area contributed by atoms with E-state index in [-0.39, 0.29) is 11.7 Å². The fraction of sp³-hybridized carbons (Fsp3) is 0.462. The van der Waals surface area contributed by atoms with Crippen LogP contribution in [0.1, 0.15) is 25.3 Å². The lowest BCUT2D eigenvalue weighted by Crippen LogP contribution is -2.16. The van der Waals surface area contributed by atoms with Crippen molar-refractivity contribution in [2.24, 2.45) is 11.7 Å². The highest BCUT2D eigenvalue weighted by Crippen LogP contribution is 2.16. The molecule has 0 aliphatic rings. The first-order valence-electron chi connectivity index (χ1n) is 5.79. The molecule has 0 saturated carbocycles. The van der Waals surface area contributed by atoms with Crippen molar-refractivity contribution in [2.45, 2.75) is 26.7 Å². The van der Waals surface area contributed by atoms with E-state index in [1.165, 1.54) is 12.1 Å². The summed E-state index contributed by atoms with van der Waals surface area (Å²) >= 11 is 0. The monoisotopic (exact) mass is 238 g/mol. The number of carbonyl (C=O) groups excluding carboxylic acids is 1. The summed E-state index contributed by atoms with van der Waals surface area (Å²) in [4.78, 5) is 11.6. The average molecular weight is 238 g/mol. The summed E-state index contributed by atoms with van der Waals surface area (Å²) in [5, 5.41) is 2.71. The Hall–Kier alpha value is -1.42. The van der Waals surface area contributed by atoms with Gasteiger partial charge in [0.1, 0.15) is 5.82 Å². The number of aryl methyl sites for hydroxylation is 1. The fourth-order valence-electron chi connectivity index (χ4n) is 1.44. The topological polar surface area (TPSA) is 55.1 Å². The lowest BCUT2D eigenvalue weighted by molar-refractivity contribution is -0.116. The maximum atomic E-state index is 13.0. The first-order valence-corrected chi connectivity index (χ1v) is 5.79. The zero-order valence-corrected chi connectivity index (χ0v) is 10.3. The van der Waals surface area contributed by atoms with Gasteiger partial charge >= 0.3 is 0 Å². The van der Waals surface area contributed by atoms with Gasteiger partial charge in [0, 0.05) is 12.1 Å². The van der Waals surface area contributed by atoms with Crippen LogP contribution >= 0.6 is 0 Å². The molecule has 1 rings (SSSR count). The Labute approximate surface area is 101 Å². The molecule has 94 valence electrons. The summed E-state index contributed by atoms with van der Waals surface area (Å²) in [7, 11) is 0. The minimum Gasteiger partial charge on any atom is -0.330 e. The summed E-state index contributed by atoms with van der Waals surface area (Å²) in [6.07, 6.45) is 1.16. The van der Waals surface area contributed by atoms with Crippen LogP contribution in [0, 0.1) is 18.7 Å². The van der Waals surface area contributed by atoms with Gasteiger partial charge in [-0.25, -0.2) is 4.39 Å². The number of anilines is 1. The van der Waals surface area contributed by atoms with Crippen molar-refractivity contribution in [1.29, 1.82) is 0 Å². The Bertz CT molecular complexity index is 393. The van der Waals surface area contributed by atoms with Gasteiger partial charge in [0.05, 0.1) is 0 Å². The average Bonchev–Trinajstić information content (AvgIpc) is 2.30. The number of hydrogen-bond acceptors (Lipinski definition) is 2. The van der Waals surface area contributed by atoms with Crippen molar-refractivity contribution >= 4 is 11.6 Å². The van der Waals surface area contributed by atoms with Gasteiger partial charge in [-0.1, -0.05) is 13.0 Å². The van der Waals surface area contributed by atoms with Crippen LogP contribution in [-0.2, 0) is 4.79 Å². The van der Waals surface area contributed by atoms with E-state index in [4.69, 9.17) is 5.73 Å². The molecular formula is C13H19FN2O. The summed E-state index contributed by atoms with van der Waals surface area (Å²) in [6.45, 7) is 4.41. The maximum absolute atomic E-state index is 13.0. The lowest BCUT2D eigenvalue weighted by atomic mass is 10.1. The minimum atomic E-state index is -0.346. The predicted molar refractivity (Wildman–Crippen MR) is 67.2 cm³/mol. The molecule has 0 radical (unpaired) electrons. The number of nitrogens with two attached hydrogens (primary N) is 1. The standard InChI is InChI=1S/C13H19FN2O/c1-9(8-15)3-6-13(17)16-12-7-11(14)5-4-10(12)2/h4-5,7,9H,3,6,8,15H2,1-2H3,(H,16,17). The number of nitrogens with one attached hydrogen (secondary N) is 1. The summed E-state index contributed by atoms with van der Waals surface area (Å²) in [6, 6.07) is 4.36. The molecule has 3 nitrogen and oxygen atoms in total. The molecule has 17 heavy (non-hydrogen) atoms. The normalized spacial score (nSPS) is 12.2. The third-order valence-electron chi connectivity index (χ3n) is 2.74. The van der Waals surface area contributed by atoms with Gasteiger partial charge in [0.15, 0.2) is 0 Å². The van der Waals surface area contributed by atoms with E-state index >= 15 is 0 Å². The largest absolute Gasteiger partial charge is 0.330 e. The number of benzene rings is 1. The third-order valence-corrected chi connectivity index (χ3v) is 2.74. The van der Waals surface area contributed by atoms with E-state index in [2.05, 4.69) is 5.32 Å². The highest BCUT2D eigenvalue weighted by atomic mass is 19.1. The molecule has 0 fully saturated rings. The second-order valence-electron chi connectivity index (χ2n) is 4.39. The number of carbonyl (C=O) groups is 1. The van der Waals surface area contributed by atoms with Crippen LogP contribution in [0.2, 0.25) is 0 Å².